The molecule has 0 aliphatic carbocycles. The SMILES string of the molecule is S=C1N[C@H](c2ccccn2)[C@@H](c2cccn2C[C@@H]2CCCO2)N1CCCN1CCOCC1. The maximum atomic E-state index is 5.93. The molecule has 3 saturated heterocycles. The number of nitrogens with one attached hydrogen (secondary N) is 1. The quantitative estimate of drug-likeness (QED) is 0.615. The standard InChI is InChI=1S/C24H33N5O2S/c32-24-26-22(20-7-1-2-9-25-20)23(29(24)12-5-10-27-13-16-30-17-14-27)21-8-3-11-28(21)18-19-6-4-15-31-19/h1-3,7-9,11,19,22-23H,4-6,10,12-18H2,(H,26,32)/t19-,22+,23+/m0/s1. The summed E-state index contributed by atoms with van der Waals surface area (Å²) in [6.07, 6.45) is 7.70. The zero-order valence-electron chi connectivity index (χ0n) is 18.6. The minimum absolute atomic E-state index is 0.0326. The summed E-state index contributed by atoms with van der Waals surface area (Å²) >= 11 is 5.84. The van der Waals surface area contributed by atoms with E-state index in [1.54, 1.807) is 0 Å². The van der Waals surface area contributed by atoms with Gasteiger partial charge in [-0.3, -0.25) is 9.88 Å². The second-order valence-electron chi connectivity index (χ2n) is 8.85. The van der Waals surface area contributed by atoms with E-state index in [0.717, 1.165) is 82.6 Å². The summed E-state index contributed by atoms with van der Waals surface area (Å²) in [7, 11) is 0. The van der Waals surface area contributed by atoms with Crippen LogP contribution in [0.1, 0.15) is 42.7 Å². The van der Waals surface area contributed by atoms with Crippen LogP contribution in [0.3, 0.4) is 0 Å². The highest BCUT2D eigenvalue weighted by Crippen LogP contribution is 2.39. The number of aromatic nitrogens is 2. The van der Waals surface area contributed by atoms with Gasteiger partial charge in [0.2, 0.25) is 0 Å². The number of ether oxygens (including phenoxy) is 2. The third-order valence-corrected chi connectivity index (χ3v) is 7.12. The van der Waals surface area contributed by atoms with Crippen LogP contribution in [0.25, 0.3) is 0 Å². The van der Waals surface area contributed by atoms with Crippen LogP contribution in [0.4, 0.5) is 0 Å². The molecule has 0 unspecified atom stereocenters. The van der Waals surface area contributed by atoms with Gasteiger partial charge in [-0.05, 0) is 55.7 Å². The maximum absolute atomic E-state index is 5.93. The van der Waals surface area contributed by atoms with E-state index in [1.165, 1.54) is 5.69 Å². The average Bonchev–Trinajstić information content (AvgIpc) is 3.57. The molecule has 0 radical (unpaired) electrons. The Morgan fingerprint density at radius 1 is 1.09 bits per heavy atom. The number of thiocarbonyl (C=S) groups is 1. The fraction of sp³-hybridized carbons (Fsp3) is 0.583. The Morgan fingerprint density at radius 3 is 2.78 bits per heavy atom. The number of morpholine rings is 1. The molecular formula is C24H33N5O2S. The molecule has 32 heavy (non-hydrogen) atoms. The number of hydrogen-bond donors (Lipinski definition) is 1. The predicted octanol–water partition coefficient (Wildman–Crippen LogP) is 2.76. The van der Waals surface area contributed by atoms with Gasteiger partial charge in [0.05, 0.1) is 37.1 Å². The Hall–Kier alpha value is -2.00. The largest absolute Gasteiger partial charge is 0.379 e. The Kier molecular flexibility index (Phi) is 7.02. The fourth-order valence-corrected chi connectivity index (χ4v) is 5.46. The molecule has 1 N–H and O–H groups in total. The third-order valence-electron chi connectivity index (χ3n) is 6.77. The van der Waals surface area contributed by atoms with Gasteiger partial charge in [-0.25, -0.2) is 0 Å². The van der Waals surface area contributed by atoms with Gasteiger partial charge in [-0.15, -0.1) is 0 Å². The molecule has 3 aliphatic heterocycles. The van der Waals surface area contributed by atoms with Crippen molar-refractivity contribution in [2.45, 2.75) is 44.0 Å². The van der Waals surface area contributed by atoms with E-state index >= 15 is 0 Å². The fourth-order valence-electron chi connectivity index (χ4n) is 5.13. The minimum Gasteiger partial charge on any atom is -0.379 e. The van der Waals surface area contributed by atoms with E-state index in [0.29, 0.717) is 6.10 Å². The van der Waals surface area contributed by atoms with Crippen molar-refractivity contribution in [2.75, 3.05) is 46.0 Å². The van der Waals surface area contributed by atoms with Crippen molar-refractivity contribution < 1.29 is 9.47 Å². The van der Waals surface area contributed by atoms with Crippen LogP contribution in [0.2, 0.25) is 0 Å². The lowest BCUT2D eigenvalue weighted by atomic mass is 10.0. The van der Waals surface area contributed by atoms with E-state index in [-0.39, 0.29) is 12.1 Å². The van der Waals surface area contributed by atoms with Gasteiger partial charge in [0.15, 0.2) is 5.11 Å². The summed E-state index contributed by atoms with van der Waals surface area (Å²) in [4.78, 5) is 9.53. The summed E-state index contributed by atoms with van der Waals surface area (Å²) in [6, 6.07) is 10.6. The first kappa shape index (κ1) is 21.8. The Morgan fingerprint density at radius 2 is 2.00 bits per heavy atom. The van der Waals surface area contributed by atoms with Crippen LogP contribution in [-0.4, -0.2) is 76.6 Å². The molecule has 3 atom stereocenters. The lowest BCUT2D eigenvalue weighted by molar-refractivity contribution is 0.0365. The molecule has 5 heterocycles. The molecule has 0 amide bonds. The normalized spacial score (nSPS) is 26.6. The van der Waals surface area contributed by atoms with Crippen molar-refractivity contribution in [3.8, 4) is 0 Å². The molecule has 3 fully saturated rings. The Balaban J connectivity index is 1.36. The molecule has 3 aliphatic rings. The average molecular weight is 456 g/mol. The molecule has 0 aromatic carbocycles. The number of rotatable bonds is 8. The van der Waals surface area contributed by atoms with Gasteiger partial charge in [-0.1, -0.05) is 6.07 Å². The van der Waals surface area contributed by atoms with Crippen molar-refractivity contribution in [3.63, 3.8) is 0 Å². The first-order chi connectivity index (χ1) is 15.8. The molecule has 0 bridgehead atoms. The van der Waals surface area contributed by atoms with Crippen LogP contribution in [0, 0.1) is 0 Å². The van der Waals surface area contributed by atoms with Crippen molar-refractivity contribution in [3.05, 3.63) is 54.1 Å². The first-order valence-corrected chi connectivity index (χ1v) is 12.3. The van der Waals surface area contributed by atoms with Crippen LogP contribution in [0.5, 0.6) is 0 Å². The lowest BCUT2D eigenvalue weighted by Crippen LogP contribution is -2.39. The molecule has 0 spiro atoms. The Bertz CT molecular complexity index is 880. The van der Waals surface area contributed by atoms with Crippen molar-refractivity contribution in [1.29, 1.82) is 0 Å². The van der Waals surface area contributed by atoms with E-state index in [2.05, 4.69) is 55.1 Å². The van der Waals surface area contributed by atoms with Gasteiger partial charge in [0.25, 0.3) is 0 Å². The zero-order valence-corrected chi connectivity index (χ0v) is 19.4. The molecule has 7 nitrogen and oxygen atoms in total. The third kappa shape index (κ3) is 4.83. The lowest BCUT2D eigenvalue weighted by Gasteiger charge is -2.31. The molecule has 172 valence electrons. The predicted molar refractivity (Wildman–Crippen MR) is 127 cm³/mol. The van der Waals surface area contributed by atoms with Crippen molar-refractivity contribution >= 4 is 17.3 Å². The maximum Gasteiger partial charge on any atom is 0.170 e. The number of nitrogens with zero attached hydrogens (tertiary/aromatic N) is 4. The minimum atomic E-state index is 0.0326. The summed E-state index contributed by atoms with van der Waals surface area (Å²) < 4.78 is 13.8. The highest BCUT2D eigenvalue weighted by molar-refractivity contribution is 7.80. The number of pyridine rings is 1. The van der Waals surface area contributed by atoms with Crippen LogP contribution < -0.4 is 5.32 Å². The summed E-state index contributed by atoms with van der Waals surface area (Å²) in [5.74, 6) is 0. The topological polar surface area (TPSA) is 54.8 Å². The molecule has 2 aromatic rings. The zero-order chi connectivity index (χ0) is 21.8. The van der Waals surface area contributed by atoms with Gasteiger partial charge in [-0.2, -0.15) is 0 Å². The van der Waals surface area contributed by atoms with Crippen molar-refractivity contribution in [2.24, 2.45) is 0 Å². The van der Waals surface area contributed by atoms with E-state index in [1.807, 2.05) is 12.3 Å². The van der Waals surface area contributed by atoms with Gasteiger partial charge < -0.3 is 24.3 Å². The molecule has 8 heteroatoms. The van der Waals surface area contributed by atoms with Crippen LogP contribution in [-0.2, 0) is 16.0 Å². The van der Waals surface area contributed by atoms with Crippen molar-refractivity contribution in [1.82, 2.24) is 24.7 Å². The van der Waals surface area contributed by atoms with Crippen LogP contribution >= 0.6 is 12.2 Å². The second-order valence-corrected chi connectivity index (χ2v) is 9.23. The smallest absolute Gasteiger partial charge is 0.170 e. The first-order valence-electron chi connectivity index (χ1n) is 11.8. The monoisotopic (exact) mass is 455 g/mol. The van der Waals surface area contributed by atoms with Gasteiger partial charge in [0.1, 0.15) is 0 Å². The molecule has 2 aromatic heterocycles. The Labute approximate surface area is 195 Å². The molecule has 0 saturated carbocycles. The number of hydrogen-bond acceptors (Lipinski definition) is 5. The highest BCUT2D eigenvalue weighted by atomic mass is 32.1. The van der Waals surface area contributed by atoms with E-state index < -0.39 is 0 Å². The van der Waals surface area contributed by atoms with Gasteiger partial charge >= 0.3 is 0 Å². The van der Waals surface area contributed by atoms with E-state index in [9.17, 15) is 0 Å². The summed E-state index contributed by atoms with van der Waals surface area (Å²) in [5, 5.41) is 4.40. The van der Waals surface area contributed by atoms with Gasteiger partial charge in [0, 0.05) is 57.4 Å². The van der Waals surface area contributed by atoms with Crippen LogP contribution in [0.15, 0.2) is 42.7 Å². The second kappa shape index (κ2) is 10.3. The highest BCUT2D eigenvalue weighted by Gasteiger charge is 2.41. The molecular weight excluding hydrogens is 422 g/mol. The molecule has 5 rings (SSSR count). The summed E-state index contributed by atoms with van der Waals surface area (Å²) in [5.41, 5.74) is 2.30. The summed E-state index contributed by atoms with van der Waals surface area (Å²) in [6.45, 7) is 7.47. The van der Waals surface area contributed by atoms with E-state index in [4.69, 9.17) is 21.7 Å².